The lowest BCUT2D eigenvalue weighted by atomic mass is 9.33. The highest BCUT2D eigenvalue weighted by atomic mass is 15.2. The van der Waals surface area contributed by atoms with Crippen molar-refractivity contribution in [1.29, 1.82) is 0 Å². The summed E-state index contributed by atoms with van der Waals surface area (Å²) >= 11 is 0. The van der Waals surface area contributed by atoms with Gasteiger partial charge in [-0.15, -0.1) is 0 Å². The Kier molecular flexibility index (Phi) is 13.6. The van der Waals surface area contributed by atoms with E-state index in [2.05, 4.69) is 280 Å². The lowest BCUT2D eigenvalue weighted by molar-refractivity contribution is 1.07. The molecule has 0 N–H and O–H groups in total. The Balaban J connectivity index is 0.885. The molecule has 0 bridgehead atoms. The van der Waals surface area contributed by atoms with Crippen LogP contribution in [0, 0.1) is 6.57 Å². The molecule has 0 radical (unpaired) electrons. The van der Waals surface area contributed by atoms with Gasteiger partial charge in [-0.1, -0.05) is 273 Å². The van der Waals surface area contributed by atoms with Crippen molar-refractivity contribution in [3.05, 3.63) is 351 Å². The maximum atomic E-state index is 8.79. The van der Waals surface area contributed by atoms with Crippen molar-refractivity contribution < 1.29 is 0 Å². The van der Waals surface area contributed by atoms with E-state index in [9.17, 15) is 0 Å². The minimum absolute atomic E-state index is 0.171. The molecule has 2 aliphatic heterocycles. The Morgan fingerprint density at radius 1 is 0.281 bits per heavy atom. The van der Waals surface area contributed by atoms with Crippen LogP contribution in [-0.4, -0.2) is 26.2 Å². The molecule has 0 amide bonds. The summed E-state index contributed by atoms with van der Waals surface area (Å²) in [6, 6.07) is 121. The van der Waals surface area contributed by atoms with Crippen LogP contribution in [0.5, 0.6) is 0 Å². The Labute approximate surface area is 557 Å². The maximum absolute atomic E-state index is 8.79. The van der Waals surface area contributed by atoms with E-state index in [4.69, 9.17) is 21.5 Å². The molecule has 7 nitrogen and oxygen atoms in total. The third-order valence-electron chi connectivity index (χ3n) is 19.1. The van der Waals surface area contributed by atoms with Gasteiger partial charge in [-0.25, -0.2) is 19.8 Å². The topological polar surface area (TPSA) is 54.4 Å². The van der Waals surface area contributed by atoms with E-state index in [0.29, 0.717) is 28.8 Å². The van der Waals surface area contributed by atoms with E-state index < -0.39 is 0 Å². The number of nitrogens with zero attached hydrogens (tertiary/aromatic N) is 7. The Morgan fingerprint density at radius 3 is 1.15 bits per heavy atom. The number of hydrogen-bond donors (Lipinski definition) is 0. The van der Waals surface area contributed by atoms with Crippen molar-refractivity contribution in [2.24, 2.45) is 0 Å². The number of anilines is 6. The first kappa shape index (κ1) is 55.9. The van der Waals surface area contributed by atoms with Gasteiger partial charge in [0.15, 0.2) is 17.5 Å². The minimum Gasteiger partial charge on any atom is -0.318 e. The standard InChI is InChI=1S/C88H56BN7/c1-90-77-37-22-36-73(88-92-86(64-31-16-6-17-32-64)91-87(93-88)65-33-18-7-19-34-65)85(77)96-78-38-21-20-35-72(78)74-53-66(43-50-79(74)96)69-56-82-84-83(57-69)95(71-48-41-63(42-49-71)59-25-10-3-11-26-59)81-52-45-68(61-29-14-5-15-30-61)55-76(81)89(84)75-54-67(60-27-12-4-13-28-60)44-51-80(75)94(82)70-46-39-62(40-47-70)58-23-8-2-9-24-58/h2-57H. The van der Waals surface area contributed by atoms with E-state index in [-0.39, 0.29) is 6.71 Å². The number of rotatable bonds is 11. The van der Waals surface area contributed by atoms with Gasteiger partial charge in [0.05, 0.1) is 23.3 Å². The first-order valence-electron chi connectivity index (χ1n) is 32.5. The molecular weight excluding hydrogens is 1170 g/mol. The van der Waals surface area contributed by atoms with Gasteiger partial charge in [-0.2, -0.15) is 0 Å². The molecule has 0 fully saturated rings. The molecule has 8 heteroatoms. The SMILES string of the molecule is [C-]#[N+]c1cccc(-c2nc(-c3ccccc3)nc(-c3ccccc3)n2)c1-n1c2ccccc2c2cc(-c3cc4c5c(c3)N(c3ccc(-c6ccccc6)cc3)c3ccc(-c6ccccc6)cc3B5c3cc(-c5ccccc5)ccc3N4c3ccc(-c4ccccc4)cc3)ccc21. The Bertz CT molecular complexity index is 5440. The summed E-state index contributed by atoms with van der Waals surface area (Å²) in [6.07, 6.45) is 0. The molecule has 446 valence electrons. The smallest absolute Gasteiger partial charge is 0.252 e. The molecule has 16 aromatic rings. The second-order valence-electron chi connectivity index (χ2n) is 24.5. The van der Waals surface area contributed by atoms with Gasteiger partial charge >= 0.3 is 0 Å². The van der Waals surface area contributed by atoms with Crippen LogP contribution in [0.1, 0.15) is 0 Å². The van der Waals surface area contributed by atoms with Gasteiger partial charge < -0.3 is 14.4 Å². The van der Waals surface area contributed by atoms with Gasteiger partial charge in [-0.3, -0.25) is 0 Å². The molecule has 0 unspecified atom stereocenters. The highest BCUT2D eigenvalue weighted by molar-refractivity contribution is 7.00. The molecular formula is C88H56BN7. The van der Waals surface area contributed by atoms with E-state index >= 15 is 0 Å². The first-order chi connectivity index (χ1) is 47.6. The van der Waals surface area contributed by atoms with Crippen molar-refractivity contribution in [3.8, 4) is 95.5 Å². The predicted molar refractivity (Wildman–Crippen MR) is 398 cm³/mol. The third-order valence-corrected chi connectivity index (χ3v) is 19.1. The zero-order valence-electron chi connectivity index (χ0n) is 52.0. The van der Waals surface area contributed by atoms with Crippen LogP contribution in [-0.2, 0) is 0 Å². The van der Waals surface area contributed by atoms with Gasteiger partial charge in [0.2, 0.25) is 5.69 Å². The van der Waals surface area contributed by atoms with Crippen LogP contribution < -0.4 is 26.2 Å². The minimum atomic E-state index is -0.171. The van der Waals surface area contributed by atoms with Crippen LogP contribution in [0.2, 0.25) is 0 Å². The lowest BCUT2D eigenvalue weighted by Crippen LogP contribution is -2.61. The number of aromatic nitrogens is 4. The summed E-state index contributed by atoms with van der Waals surface area (Å²) in [5, 5.41) is 2.10. The van der Waals surface area contributed by atoms with Gasteiger partial charge in [0.1, 0.15) is 0 Å². The summed E-state index contributed by atoms with van der Waals surface area (Å²) in [6.45, 7) is 8.62. The molecule has 0 saturated heterocycles. The summed E-state index contributed by atoms with van der Waals surface area (Å²) in [4.78, 5) is 24.8. The zero-order valence-corrected chi connectivity index (χ0v) is 52.0. The highest BCUT2D eigenvalue weighted by Gasteiger charge is 2.44. The molecule has 4 heterocycles. The Morgan fingerprint density at radius 2 is 0.667 bits per heavy atom. The molecule has 2 aromatic heterocycles. The first-order valence-corrected chi connectivity index (χ1v) is 32.5. The fourth-order valence-corrected chi connectivity index (χ4v) is 14.6. The summed E-state index contributed by atoms with van der Waals surface area (Å²) in [5.74, 6) is 1.57. The van der Waals surface area contributed by atoms with Crippen molar-refractivity contribution >= 4 is 84.7 Å². The molecule has 0 atom stereocenters. The predicted octanol–water partition coefficient (Wildman–Crippen LogP) is 20.9. The van der Waals surface area contributed by atoms with E-state index in [0.717, 1.165) is 106 Å². The van der Waals surface area contributed by atoms with E-state index in [1.54, 1.807) is 0 Å². The second kappa shape index (κ2) is 23.3. The number of fused-ring (bicyclic) bond motifs is 7. The van der Waals surface area contributed by atoms with Gasteiger partial charge in [-0.05, 0) is 139 Å². The molecule has 96 heavy (non-hydrogen) atoms. The van der Waals surface area contributed by atoms with Gasteiger partial charge in [0.25, 0.3) is 6.71 Å². The fraction of sp³-hybridized carbons (Fsp3) is 0. The molecule has 0 aliphatic carbocycles. The molecule has 2 aliphatic rings. The van der Waals surface area contributed by atoms with Crippen LogP contribution in [0.4, 0.5) is 39.8 Å². The number of benzene rings is 14. The number of para-hydroxylation sites is 2. The average molecular weight is 1220 g/mol. The normalized spacial score (nSPS) is 12.1. The largest absolute Gasteiger partial charge is 0.318 e. The molecule has 18 rings (SSSR count). The van der Waals surface area contributed by atoms with Crippen molar-refractivity contribution in [1.82, 2.24) is 19.5 Å². The van der Waals surface area contributed by atoms with Crippen LogP contribution in [0.15, 0.2) is 340 Å². The zero-order chi connectivity index (χ0) is 63.6. The fourth-order valence-electron chi connectivity index (χ4n) is 14.6. The van der Waals surface area contributed by atoms with E-state index in [1.807, 2.05) is 78.9 Å². The second-order valence-corrected chi connectivity index (χ2v) is 24.5. The summed E-state index contributed by atoms with van der Waals surface area (Å²) in [7, 11) is 0. The van der Waals surface area contributed by atoms with Crippen LogP contribution in [0.25, 0.3) is 122 Å². The monoisotopic (exact) mass is 1220 g/mol. The molecule has 14 aromatic carbocycles. The Hall–Kier alpha value is -13.0. The maximum Gasteiger partial charge on any atom is 0.252 e. The van der Waals surface area contributed by atoms with Crippen molar-refractivity contribution in [2.45, 2.75) is 0 Å². The lowest BCUT2D eigenvalue weighted by Gasteiger charge is -2.44. The van der Waals surface area contributed by atoms with E-state index in [1.165, 1.54) is 38.6 Å². The van der Waals surface area contributed by atoms with Crippen molar-refractivity contribution in [3.63, 3.8) is 0 Å². The van der Waals surface area contributed by atoms with Crippen molar-refractivity contribution in [2.75, 3.05) is 9.80 Å². The third kappa shape index (κ3) is 9.56. The highest BCUT2D eigenvalue weighted by Crippen LogP contribution is 2.49. The average Bonchev–Trinajstić information content (AvgIpc) is 0.746. The van der Waals surface area contributed by atoms with Gasteiger partial charge in [0, 0.05) is 61.6 Å². The number of hydrogen-bond acceptors (Lipinski definition) is 5. The quantitative estimate of drug-likeness (QED) is 0.0954. The summed E-state index contributed by atoms with van der Waals surface area (Å²) < 4.78 is 2.25. The van der Waals surface area contributed by atoms with Crippen LogP contribution >= 0.6 is 0 Å². The molecule has 0 spiro atoms. The molecule has 0 saturated carbocycles. The summed E-state index contributed by atoms with van der Waals surface area (Å²) in [5.41, 5.74) is 27.2. The van der Waals surface area contributed by atoms with Crippen LogP contribution in [0.3, 0.4) is 0 Å².